The molecule has 2 unspecified atom stereocenters. The zero-order valence-electron chi connectivity index (χ0n) is 10.3. The molecule has 1 aromatic carbocycles. The third-order valence-electron chi connectivity index (χ3n) is 2.66. The Morgan fingerprint density at radius 1 is 1.33 bits per heavy atom. The van der Waals surface area contributed by atoms with E-state index in [2.05, 4.69) is 5.32 Å². The molecule has 0 aromatic heterocycles. The molecular weight excluding hydrogens is 237 g/mol. The van der Waals surface area contributed by atoms with E-state index < -0.39 is 23.8 Å². The first-order valence-electron chi connectivity index (χ1n) is 5.68. The van der Waals surface area contributed by atoms with Crippen LogP contribution < -0.4 is 5.32 Å². The molecule has 0 saturated carbocycles. The van der Waals surface area contributed by atoms with Crippen LogP contribution >= 0.6 is 0 Å². The number of benzene rings is 1. The van der Waals surface area contributed by atoms with Gasteiger partial charge < -0.3 is 10.4 Å². The third kappa shape index (κ3) is 3.84. The second kappa shape index (κ2) is 6.14. The summed E-state index contributed by atoms with van der Waals surface area (Å²) in [7, 11) is 0. The van der Waals surface area contributed by atoms with Crippen molar-refractivity contribution in [2.24, 2.45) is 5.92 Å². The standard InChI is InChI=1S/C13H16FNO3/c1-8(12(16)15-9(2)13(17)18)7-10-5-3-4-6-11(10)14/h3-6,8-9H,7H2,1-2H3,(H,15,16)(H,17,18). The molecule has 0 radical (unpaired) electrons. The number of carbonyl (C=O) groups is 2. The molecule has 1 rings (SSSR count). The van der Waals surface area contributed by atoms with Gasteiger partial charge in [0.05, 0.1) is 0 Å². The zero-order chi connectivity index (χ0) is 13.7. The maximum Gasteiger partial charge on any atom is 0.325 e. The highest BCUT2D eigenvalue weighted by Gasteiger charge is 2.19. The van der Waals surface area contributed by atoms with E-state index in [1.165, 1.54) is 13.0 Å². The molecule has 2 N–H and O–H groups in total. The SMILES string of the molecule is CC(Cc1ccccc1F)C(=O)NC(C)C(=O)O. The molecule has 0 aliphatic rings. The molecule has 0 spiro atoms. The van der Waals surface area contributed by atoms with Gasteiger partial charge in [0.2, 0.25) is 5.91 Å². The Balaban J connectivity index is 2.60. The Bertz CT molecular complexity index is 448. The summed E-state index contributed by atoms with van der Waals surface area (Å²) in [6.07, 6.45) is 0.241. The van der Waals surface area contributed by atoms with E-state index in [1.807, 2.05) is 0 Å². The first-order chi connectivity index (χ1) is 8.41. The second-order valence-electron chi connectivity index (χ2n) is 4.27. The lowest BCUT2D eigenvalue weighted by atomic mass is 9.99. The quantitative estimate of drug-likeness (QED) is 0.837. The second-order valence-corrected chi connectivity index (χ2v) is 4.27. The van der Waals surface area contributed by atoms with E-state index in [0.29, 0.717) is 5.56 Å². The zero-order valence-corrected chi connectivity index (χ0v) is 10.3. The number of nitrogens with one attached hydrogen (secondary N) is 1. The van der Waals surface area contributed by atoms with Gasteiger partial charge in [0.1, 0.15) is 11.9 Å². The smallest absolute Gasteiger partial charge is 0.325 e. The van der Waals surface area contributed by atoms with Crippen LogP contribution in [0, 0.1) is 11.7 Å². The number of amides is 1. The van der Waals surface area contributed by atoms with Crippen molar-refractivity contribution in [3.05, 3.63) is 35.6 Å². The highest BCUT2D eigenvalue weighted by atomic mass is 19.1. The average molecular weight is 253 g/mol. The molecule has 1 aromatic rings. The summed E-state index contributed by atoms with van der Waals surface area (Å²) < 4.78 is 13.4. The van der Waals surface area contributed by atoms with Gasteiger partial charge in [-0.1, -0.05) is 25.1 Å². The summed E-state index contributed by atoms with van der Waals surface area (Å²) in [6.45, 7) is 3.02. The summed E-state index contributed by atoms with van der Waals surface area (Å²) in [6, 6.07) is 5.28. The predicted molar refractivity (Wildman–Crippen MR) is 64.5 cm³/mol. The minimum atomic E-state index is -1.10. The summed E-state index contributed by atoms with van der Waals surface area (Å²) in [4.78, 5) is 22.3. The van der Waals surface area contributed by atoms with Crippen LogP contribution in [0.25, 0.3) is 0 Å². The number of rotatable bonds is 5. The van der Waals surface area contributed by atoms with Crippen LogP contribution in [0.3, 0.4) is 0 Å². The van der Waals surface area contributed by atoms with Crippen LogP contribution in [0.15, 0.2) is 24.3 Å². The van der Waals surface area contributed by atoms with Gasteiger partial charge >= 0.3 is 5.97 Å². The Labute approximate surface area is 105 Å². The minimum Gasteiger partial charge on any atom is -0.480 e. The van der Waals surface area contributed by atoms with E-state index in [4.69, 9.17) is 5.11 Å². The molecule has 98 valence electrons. The van der Waals surface area contributed by atoms with Crippen LogP contribution in [0.1, 0.15) is 19.4 Å². The molecule has 0 heterocycles. The molecule has 0 aliphatic heterocycles. The van der Waals surface area contributed by atoms with Crippen molar-refractivity contribution in [1.82, 2.24) is 5.32 Å². The van der Waals surface area contributed by atoms with E-state index >= 15 is 0 Å². The van der Waals surface area contributed by atoms with Crippen LogP contribution in [0.5, 0.6) is 0 Å². The highest BCUT2D eigenvalue weighted by molar-refractivity contribution is 5.84. The van der Waals surface area contributed by atoms with Gasteiger partial charge in [-0.2, -0.15) is 0 Å². The highest BCUT2D eigenvalue weighted by Crippen LogP contribution is 2.12. The van der Waals surface area contributed by atoms with Gasteiger partial charge in [-0.3, -0.25) is 9.59 Å². The Morgan fingerprint density at radius 3 is 2.50 bits per heavy atom. The van der Waals surface area contributed by atoms with Crippen molar-refractivity contribution in [1.29, 1.82) is 0 Å². The molecule has 0 bridgehead atoms. The maximum atomic E-state index is 13.4. The van der Waals surface area contributed by atoms with Gasteiger partial charge in [0.25, 0.3) is 0 Å². The van der Waals surface area contributed by atoms with E-state index in [1.54, 1.807) is 25.1 Å². The lowest BCUT2D eigenvalue weighted by Gasteiger charge is -2.15. The van der Waals surface area contributed by atoms with E-state index in [9.17, 15) is 14.0 Å². The third-order valence-corrected chi connectivity index (χ3v) is 2.66. The number of halogens is 1. The first kappa shape index (κ1) is 14.2. The van der Waals surface area contributed by atoms with Crippen molar-refractivity contribution >= 4 is 11.9 Å². The summed E-state index contributed by atoms with van der Waals surface area (Å²) in [5.74, 6) is -2.33. The molecule has 18 heavy (non-hydrogen) atoms. The monoisotopic (exact) mass is 253 g/mol. The minimum absolute atomic E-state index is 0.241. The molecule has 1 amide bonds. The topological polar surface area (TPSA) is 66.4 Å². The normalized spacial score (nSPS) is 13.7. The van der Waals surface area contributed by atoms with Crippen molar-refractivity contribution in [2.75, 3.05) is 0 Å². The molecule has 5 heteroatoms. The van der Waals surface area contributed by atoms with Crippen LogP contribution in [0.2, 0.25) is 0 Å². The molecule has 2 atom stereocenters. The van der Waals surface area contributed by atoms with Gasteiger partial charge in [-0.15, -0.1) is 0 Å². The molecule has 0 fully saturated rings. The van der Waals surface area contributed by atoms with Gasteiger partial charge in [-0.25, -0.2) is 4.39 Å². The summed E-state index contributed by atoms with van der Waals surface area (Å²) in [5.41, 5.74) is 0.447. The van der Waals surface area contributed by atoms with Crippen molar-refractivity contribution in [3.8, 4) is 0 Å². The fraction of sp³-hybridized carbons (Fsp3) is 0.385. The molecule has 4 nitrogen and oxygen atoms in total. The lowest BCUT2D eigenvalue weighted by molar-refractivity contribution is -0.141. The van der Waals surface area contributed by atoms with E-state index in [0.717, 1.165) is 0 Å². The fourth-order valence-corrected chi connectivity index (χ4v) is 1.50. The van der Waals surface area contributed by atoms with Crippen LogP contribution in [0.4, 0.5) is 4.39 Å². The average Bonchev–Trinajstić information content (AvgIpc) is 2.31. The number of carbonyl (C=O) groups excluding carboxylic acids is 1. The fourth-order valence-electron chi connectivity index (χ4n) is 1.50. The van der Waals surface area contributed by atoms with Crippen molar-refractivity contribution in [2.45, 2.75) is 26.3 Å². The van der Waals surface area contributed by atoms with Gasteiger partial charge in [0, 0.05) is 5.92 Å². The summed E-state index contributed by atoms with van der Waals surface area (Å²) >= 11 is 0. The van der Waals surface area contributed by atoms with Gasteiger partial charge in [0.15, 0.2) is 0 Å². The van der Waals surface area contributed by atoms with Crippen molar-refractivity contribution < 1.29 is 19.1 Å². The van der Waals surface area contributed by atoms with Crippen LogP contribution in [-0.4, -0.2) is 23.0 Å². The number of carboxylic acid groups (broad SMARTS) is 1. The predicted octanol–water partition coefficient (Wildman–Crippen LogP) is 1.59. The Hall–Kier alpha value is -1.91. The molecule has 0 saturated heterocycles. The number of hydrogen-bond acceptors (Lipinski definition) is 2. The Kier molecular flexibility index (Phi) is 4.83. The van der Waals surface area contributed by atoms with Gasteiger partial charge in [-0.05, 0) is 25.0 Å². The number of hydrogen-bond donors (Lipinski definition) is 2. The lowest BCUT2D eigenvalue weighted by Crippen LogP contribution is -2.41. The largest absolute Gasteiger partial charge is 0.480 e. The van der Waals surface area contributed by atoms with Crippen LogP contribution in [-0.2, 0) is 16.0 Å². The van der Waals surface area contributed by atoms with E-state index in [-0.39, 0.29) is 12.2 Å². The molecular formula is C13H16FNO3. The summed E-state index contributed by atoms with van der Waals surface area (Å²) in [5, 5.41) is 11.0. The van der Waals surface area contributed by atoms with Crippen molar-refractivity contribution in [3.63, 3.8) is 0 Å². The Morgan fingerprint density at radius 2 is 1.94 bits per heavy atom. The number of carboxylic acids is 1. The molecule has 0 aliphatic carbocycles. The maximum absolute atomic E-state index is 13.4. The first-order valence-corrected chi connectivity index (χ1v) is 5.68. The number of aliphatic carboxylic acids is 1.